The van der Waals surface area contributed by atoms with E-state index in [0.29, 0.717) is 21.5 Å². The lowest BCUT2D eigenvalue weighted by atomic mass is 10.2. The maximum absolute atomic E-state index is 13.1. The number of pyridine rings is 1. The van der Waals surface area contributed by atoms with Gasteiger partial charge in [0.1, 0.15) is 11.6 Å². The maximum atomic E-state index is 13.1. The number of hydrogen-bond acceptors (Lipinski definition) is 4. The van der Waals surface area contributed by atoms with Gasteiger partial charge in [-0.15, -0.1) is 0 Å². The molecule has 98 valence electrons. The molecule has 2 aromatic rings. The van der Waals surface area contributed by atoms with E-state index in [1.807, 2.05) is 0 Å². The van der Waals surface area contributed by atoms with Crippen LogP contribution in [-0.4, -0.2) is 10.9 Å². The minimum absolute atomic E-state index is 0.343. The van der Waals surface area contributed by atoms with Crippen molar-refractivity contribution in [2.24, 2.45) is 5.84 Å². The minimum atomic E-state index is -0.431. The SMILES string of the molecule is NNc1ccc(C(=O)Nc2cc(F)ccc2Br)cn1. The lowest BCUT2D eigenvalue weighted by Gasteiger charge is -2.07. The number of halogens is 2. The first-order valence-electron chi connectivity index (χ1n) is 5.29. The average molecular weight is 325 g/mol. The first kappa shape index (κ1) is 13.4. The Bertz CT molecular complexity index is 603. The molecule has 7 heteroatoms. The van der Waals surface area contributed by atoms with Gasteiger partial charge in [-0.2, -0.15) is 0 Å². The van der Waals surface area contributed by atoms with Gasteiger partial charge in [-0.25, -0.2) is 15.2 Å². The molecule has 0 aliphatic carbocycles. The van der Waals surface area contributed by atoms with E-state index in [2.05, 4.69) is 31.7 Å². The van der Waals surface area contributed by atoms with Crippen LogP contribution in [0.25, 0.3) is 0 Å². The zero-order chi connectivity index (χ0) is 13.8. The van der Waals surface area contributed by atoms with Crippen LogP contribution in [0.4, 0.5) is 15.9 Å². The molecule has 4 N–H and O–H groups in total. The van der Waals surface area contributed by atoms with Crippen LogP contribution in [0.1, 0.15) is 10.4 Å². The van der Waals surface area contributed by atoms with E-state index in [9.17, 15) is 9.18 Å². The van der Waals surface area contributed by atoms with Gasteiger partial charge in [-0.05, 0) is 46.3 Å². The Kier molecular flexibility index (Phi) is 4.08. The first-order chi connectivity index (χ1) is 9.10. The second kappa shape index (κ2) is 5.77. The van der Waals surface area contributed by atoms with Crippen molar-refractivity contribution in [2.45, 2.75) is 0 Å². The number of rotatable bonds is 3. The number of anilines is 2. The summed E-state index contributed by atoms with van der Waals surface area (Å²) in [5.41, 5.74) is 3.06. The lowest BCUT2D eigenvalue weighted by molar-refractivity contribution is 0.102. The van der Waals surface area contributed by atoms with Gasteiger partial charge in [-0.1, -0.05) is 0 Å². The van der Waals surface area contributed by atoms with Crippen molar-refractivity contribution >= 4 is 33.3 Å². The summed E-state index contributed by atoms with van der Waals surface area (Å²) in [7, 11) is 0. The smallest absolute Gasteiger partial charge is 0.257 e. The van der Waals surface area contributed by atoms with Gasteiger partial charge in [0.05, 0.1) is 11.3 Å². The van der Waals surface area contributed by atoms with E-state index < -0.39 is 5.82 Å². The number of nitrogens with zero attached hydrogens (tertiary/aromatic N) is 1. The molecule has 2 rings (SSSR count). The third-order valence-electron chi connectivity index (χ3n) is 2.35. The highest BCUT2D eigenvalue weighted by atomic mass is 79.9. The predicted molar refractivity (Wildman–Crippen MR) is 74.1 cm³/mol. The van der Waals surface area contributed by atoms with Gasteiger partial charge in [0.2, 0.25) is 0 Å². The molecule has 0 unspecified atom stereocenters. The molecule has 1 amide bonds. The summed E-state index contributed by atoms with van der Waals surface area (Å²) in [4.78, 5) is 15.8. The number of nitrogens with one attached hydrogen (secondary N) is 2. The van der Waals surface area contributed by atoms with Gasteiger partial charge >= 0.3 is 0 Å². The topological polar surface area (TPSA) is 80.0 Å². The number of hydrazine groups is 1. The molecule has 1 aromatic carbocycles. The fourth-order valence-corrected chi connectivity index (χ4v) is 1.75. The van der Waals surface area contributed by atoms with E-state index in [1.165, 1.54) is 24.4 Å². The van der Waals surface area contributed by atoms with Crippen LogP contribution in [0.2, 0.25) is 0 Å². The molecule has 5 nitrogen and oxygen atoms in total. The Hall–Kier alpha value is -1.99. The van der Waals surface area contributed by atoms with Crippen molar-refractivity contribution in [3.63, 3.8) is 0 Å². The van der Waals surface area contributed by atoms with E-state index in [0.717, 1.165) is 0 Å². The van der Waals surface area contributed by atoms with Crippen molar-refractivity contribution in [2.75, 3.05) is 10.7 Å². The monoisotopic (exact) mass is 324 g/mol. The van der Waals surface area contributed by atoms with Crippen LogP contribution in [0.3, 0.4) is 0 Å². The van der Waals surface area contributed by atoms with Crippen LogP contribution in [-0.2, 0) is 0 Å². The Labute approximate surface area is 117 Å². The quantitative estimate of drug-likeness (QED) is 0.598. The van der Waals surface area contributed by atoms with Crippen molar-refractivity contribution in [1.82, 2.24) is 4.98 Å². The molecular formula is C12H10BrFN4O. The van der Waals surface area contributed by atoms with Gasteiger partial charge < -0.3 is 10.7 Å². The first-order valence-corrected chi connectivity index (χ1v) is 6.08. The summed E-state index contributed by atoms with van der Waals surface area (Å²) in [5, 5.41) is 2.59. The lowest BCUT2D eigenvalue weighted by Crippen LogP contribution is -2.14. The number of benzene rings is 1. The van der Waals surface area contributed by atoms with Crippen molar-refractivity contribution in [3.05, 3.63) is 52.4 Å². The molecule has 0 atom stereocenters. The number of hydrogen-bond donors (Lipinski definition) is 3. The highest BCUT2D eigenvalue weighted by Crippen LogP contribution is 2.23. The van der Waals surface area contributed by atoms with Crippen molar-refractivity contribution in [3.8, 4) is 0 Å². The zero-order valence-corrected chi connectivity index (χ0v) is 11.2. The highest BCUT2D eigenvalue weighted by Gasteiger charge is 2.09. The number of aromatic nitrogens is 1. The number of carbonyl (C=O) groups excluding carboxylic acids is 1. The van der Waals surface area contributed by atoms with Gasteiger partial charge in [0, 0.05) is 10.7 Å². The van der Waals surface area contributed by atoms with E-state index in [1.54, 1.807) is 12.1 Å². The maximum Gasteiger partial charge on any atom is 0.257 e. The summed E-state index contributed by atoms with van der Waals surface area (Å²) in [6.45, 7) is 0. The molecular weight excluding hydrogens is 315 g/mol. The number of amides is 1. The third kappa shape index (κ3) is 3.27. The van der Waals surface area contributed by atoms with Crippen LogP contribution in [0, 0.1) is 5.82 Å². The third-order valence-corrected chi connectivity index (χ3v) is 3.04. The van der Waals surface area contributed by atoms with Crippen LogP contribution < -0.4 is 16.6 Å². The molecule has 0 fully saturated rings. The Morgan fingerprint density at radius 3 is 2.74 bits per heavy atom. The van der Waals surface area contributed by atoms with E-state index in [4.69, 9.17) is 5.84 Å². The second-order valence-corrected chi connectivity index (χ2v) is 4.51. The van der Waals surface area contributed by atoms with E-state index in [-0.39, 0.29) is 5.91 Å². The summed E-state index contributed by atoms with van der Waals surface area (Å²) < 4.78 is 13.7. The molecule has 0 radical (unpaired) electrons. The summed E-state index contributed by atoms with van der Waals surface area (Å²) in [5.74, 6) is 4.80. The highest BCUT2D eigenvalue weighted by molar-refractivity contribution is 9.10. The van der Waals surface area contributed by atoms with E-state index >= 15 is 0 Å². The Morgan fingerprint density at radius 1 is 1.32 bits per heavy atom. The normalized spacial score (nSPS) is 10.1. The number of nitrogens with two attached hydrogens (primary N) is 1. The standard InChI is InChI=1S/C12H10BrFN4O/c13-9-3-2-8(14)5-10(9)17-12(19)7-1-4-11(18-15)16-6-7/h1-6H,15H2,(H,16,18)(H,17,19). The molecule has 1 aromatic heterocycles. The van der Waals surface area contributed by atoms with Gasteiger partial charge in [-0.3, -0.25) is 4.79 Å². The molecule has 0 bridgehead atoms. The molecule has 0 spiro atoms. The van der Waals surface area contributed by atoms with Gasteiger partial charge in [0.25, 0.3) is 5.91 Å². The molecule has 19 heavy (non-hydrogen) atoms. The summed E-state index contributed by atoms with van der Waals surface area (Å²) in [6, 6.07) is 7.17. The molecule has 0 saturated heterocycles. The fraction of sp³-hybridized carbons (Fsp3) is 0. The van der Waals surface area contributed by atoms with Crippen LogP contribution >= 0.6 is 15.9 Å². The Balaban J connectivity index is 2.18. The molecule has 0 aliphatic heterocycles. The predicted octanol–water partition coefficient (Wildman–Crippen LogP) is 2.52. The summed E-state index contributed by atoms with van der Waals surface area (Å²) >= 11 is 3.23. The zero-order valence-electron chi connectivity index (χ0n) is 9.65. The summed E-state index contributed by atoms with van der Waals surface area (Å²) in [6.07, 6.45) is 1.37. The molecule has 0 aliphatic rings. The second-order valence-electron chi connectivity index (χ2n) is 3.65. The Morgan fingerprint density at radius 2 is 2.11 bits per heavy atom. The van der Waals surface area contributed by atoms with Crippen LogP contribution in [0.15, 0.2) is 41.0 Å². The largest absolute Gasteiger partial charge is 0.321 e. The van der Waals surface area contributed by atoms with Gasteiger partial charge in [0.15, 0.2) is 0 Å². The van der Waals surface area contributed by atoms with Crippen molar-refractivity contribution in [1.29, 1.82) is 0 Å². The number of carbonyl (C=O) groups is 1. The molecule has 0 saturated carbocycles. The van der Waals surface area contributed by atoms with Crippen LogP contribution in [0.5, 0.6) is 0 Å². The minimum Gasteiger partial charge on any atom is -0.321 e. The number of nitrogen functional groups attached to an aromatic ring is 1. The fourth-order valence-electron chi connectivity index (χ4n) is 1.40. The average Bonchev–Trinajstić information content (AvgIpc) is 2.43. The molecule has 1 heterocycles. The van der Waals surface area contributed by atoms with Crippen molar-refractivity contribution < 1.29 is 9.18 Å².